The van der Waals surface area contributed by atoms with Gasteiger partial charge >= 0.3 is 0 Å². The standard InChI is InChI=1S/C24H20N2O5/c27-22(18-10-4-6-12-20(18)26(30)31)16-24(29)19-11-5-7-13-21(19)25(23(24)28)15-14-17-8-2-1-3-9-17/h1-13,29H,14-16H2/t24-/m1/s1. The number of fused-ring (bicyclic) bond motifs is 1. The molecular formula is C24H20N2O5. The maximum atomic E-state index is 13.3. The topological polar surface area (TPSA) is 101 Å². The molecule has 0 unspecified atom stereocenters. The average Bonchev–Trinajstić information content (AvgIpc) is 2.99. The van der Waals surface area contributed by atoms with Gasteiger partial charge in [0.05, 0.1) is 22.6 Å². The molecule has 1 atom stereocenters. The molecule has 1 aliphatic heterocycles. The lowest BCUT2D eigenvalue weighted by atomic mass is 9.88. The number of carbonyl (C=O) groups is 2. The normalized spacial score (nSPS) is 17.5. The first-order valence-corrected chi connectivity index (χ1v) is 9.86. The van der Waals surface area contributed by atoms with Crippen LogP contribution in [0, 0.1) is 10.1 Å². The lowest BCUT2D eigenvalue weighted by molar-refractivity contribution is -0.385. The number of hydrogen-bond acceptors (Lipinski definition) is 5. The number of Topliss-reactive ketones (excluding diaryl/α,β-unsaturated/α-hetero) is 1. The monoisotopic (exact) mass is 416 g/mol. The summed E-state index contributed by atoms with van der Waals surface area (Å²) < 4.78 is 0. The van der Waals surface area contributed by atoms with E-state index in [0.29, 0.717) is 24.2 Å². The summed E-state index contributed by atoms with van der Waals surface area (Å²) in [5.41, 5.74) is -0.640. The first kappa shape index (κ1) is 20.4. The van der Waals surface area contributed by atoms with Crippen molar-refractivity contribution in [3.05, 3.63) is 106 Å². The van der Waals surface area contributed by atoms with E-state index in [1.165, 1.54) is 29.2 Å². The minimum atomic E-state index is -2.08. The summed E-state index contributed by atoms with van der Waals surface area (Å²) in [6, 6.07) is 22.0. The van der Waals surface area contributed by atoms with Crippen LogP contribution in [0.3, 0.4) is 0 Å². The summed E-state index contributed by atoms with van der Waals surface area (Å²) >= 11 is 0. The summed E-state index contributed by atoms with van der Waals surface area (Å²) in [5.74, 6) is -1.26. The van der Waals surface area contributed by atoms with Crippen LogP contribution in [0.1, 0.15) is 27.9 Å². The molecule has 0 aromatic heterocycles. The fraction of sp³-hybridized carbons (Fsp3) is 0.167. The number of para-hydroxylation sites is 2. The minimum absolute atomic E-state index is 0.131. The molecule has 1 heterocycles. The molecule has 7 nitrogen and oxygen atoms in total. The summed E-state index contributed by atoms with van der Waals surface area (Å²) in [4.78, 5) is 38.3. The number of nitro groups is 1. The number of hydrogen-bond donors (Lipinski definition) is 1. The van der Waals surface area contributed by atoms with Crippen molar-refractivity contribution in [2.75, 3.05) is 11.4 Å². The van der Waals surface area contributed by atoms with E-state index in [2.05, 4.69) is 0 Å². The Bertz CT molecular complexity index is 1160. The highest BCUT2D eigenvalue weighted by molar-refractivity contribution is 6.11. The highest BCUT2D eigenvalue weighted by Gasteiger charge is 2.51. The fourth-order valence-corrected chi connectivity index (χ4v) is 3.98. The third-order valence-electron chi connectivity index (χ3n) is 5.52. The molecule has 0 saturated heterocycles. The molecule has 31 heavy (non-hydrogen) atoms. The van der Waals surface area contributed by atoms with Crippen molar-refractivity contribution in [2.45, 2.75) is 18.4 Å². The van der Waals surface area contributed by atoms with Crippen LogP contribution in [-0.4, -0.2) is 28.3 Å². The molecule has 1 amide bonds. The van der Waals surface area contributed by atoms with Crippen LogP contribution in [0.4, 0.5) is 11.4 Å². The summed E-state index contributed by atoms with van der Waals surface area (Å²) in [5, 5.41) is 22.7. The molecule has 0 aliphatic carbocycles. The van der Waals surface area contributed by atoms with Gasteiger partial charge in [-0.3, -0.25) is 19.7 Å². The lowest BCUT2D eigenvalue weighted by Gasteiger charge is -2.23. The Hall–Kier alpha value is -3.84. The zero-order valence-corrected chi connectivity index (χ0v) is 16.6. The summed E-state index contributed by atoms with van der Waals surface area (Å²) in [6.07, 6.45) is 0.00460. The van der Waals surface area contributed by atoms with Crippen LogP contribution in [0.15, 0.2) is 78.9 Å². The van der Waals surface area contributed by atoms with Crippen LogP contribution in [0.2, 0.25) is 0 Å². The van der Waals surface area contributed by atoms with E-state index >= 15 is 0 Å². The first-order chi connectivity index (χ1) is 14.9. The van der Waals surface area contributed by atoms with Gasteiger partial charge in [0, 0.05) is 18.2 Å². The number of aliphatic hydroxyl groups is 1. The van der Waals surface area contributed by atoms with E-state index in [9.17, 15) is 24.8 Å². The van der Waals surface area contributed by atoms with E-state index in [1.807, 2.05) is 30.3 Å². The van der Waals surface area contributed by atoms with E-state index in [0.717, 1.165) is 5.56 Å². The number of rotatable bonds is 7. The molecule has 3 aromatic rings. The van der Waals surface area contributed by atoms with E-state index in [1.54, 1.807) is 24.3 Å². The number of nitro benzene ring substituents is 1. The maximum absolute atomic E-state index is 13.3. The van der Waals surface area contributed by atoms with Crippen molar-refractivity contribution in [3.63, 3.8) is 0 Å². The van der Waals surface area contributed by atoms with Crippen LogP contribution >= 0.6 is 0 Å². The number of anilines is 1. The van der Waals surface area contributed by atoms with Gasteiger partial charge < -0.3 is 10.0 Å². The van der Waals surface area contributed by atoms with Gasteiger partial charge in [-0.2, -0.15) is 0 Å². The van der Waals surface area contributed by atoms with Crippen molar-refractivity contribution < 1.29 is 19.6 Å². The zero-order chi connectivity index (χ0) is 22.0. The predicted octanol–water partition coefficient (Wildman–Crippen LogP) is 3.64. The second kappa shape index (κ2) is 8.12. The van der Waals surface area contributed by atoms with Crippen LogP contribution in [0.25, 0.3) is 0 Å². The van der Waals surface area contributed by atoms with Crippen molar-refractivity contribution in [2.24, 2.45) is 0 Å². The fourth-order valence-electron chi connectivity index (χ4n) is 3.98. The first-order valence-electron chi connectivity index (χ1n) is 9.86. The molecule has 156 valence electrons. The van der Waals surface area contributed by atoms with Crippen LogP contribution in [0.5, 0.6) is 0 Å². The van der Waals surface area contributed by atoms with Crippen LogP contribution < -0.4 is 4.90 Å². The Morgan fingerprint density at radius 3 is 2.35 bits per heavy atom. The van der Waals surface area contributed by atoms with Gasteiger partial charge in [0.2, 0.25) is 0 Å². The maximum Gasteiger partial charge on any atom is 0.280 e. The third-order valence-corrected chi connectivity index (χ3v) is 5.52. The highest BCUT2D eigenvalue weighted by atomic mass is 16.6. The number of amides is 1. The molecule has 7 heteroatoms. The second-order valence-electron chi connectivity index (χ2n) is 7.44. The lowest BCUT2D eigenvalue weighted by Crippen LogP contribution is -2.42. The van der Waals surface area contributed by atoms with Crippen molar-refractivity contribution in [1.82, 2.24) is 0 Å². The molecule has 0 saturated carbocycles. The Balaban J connectivity index is 1.64. The molecule has 1 aliphatic rings. The SMILES string of the molecule is O=C(C[C@]1(O)C(=O)N(CCc2ccccc2)c2ccccc21)c1ccccc1[N+](=O)[O-]. The van der Waals surface area contributed by atoms with Crippen LogP contribution in [-0.2, 0) is 16.8 Å². The molecule has 3 aromatic carbocycles. The predicted molar refractivity (Wildman–Crippen MR) is 115 cm³/mol. The minimum Gasteiger partial charge on any atom is -0.375 e. The van der Waals surface area contributed by atoms with Crippen molar-refractivity contribution in [1.29, 1.82) is 0 Å². The Labute approximate surface area is 178 Å². The van der Waals surface area contributed by atoms with E-state index in [4.69, 9.17) is 0 Å². The van der Waals surface area contributed by atoms with Gasteiger partial charge in [-0.05, 0) is 24.1 Å². The van der Waals surface area contributed by atoms with E-state index in [-0.39, 0.29) is 11.3 Å². The van der Waals surface area contributed by atoms with Gasteiger partial charge in [-0.25, -0.2) is 0 Å². The summed E-state index contributed by atoms with van der Waals surface area (Å²) in [6.45, 7) is 0.335. The van der Waals surface area contributed by atoms with Crippen molar-refractivity contribution >= 4 is 23.1 Å². The molecule has 4 rings (SSSR count). The molecule has 1 N–H and O–H groups in total. The quantitative estimate of drug-likeness (QED) is 0.360. The number of benzene rings is 3. The van der Waals surface area contributed by atoms with Gasteiger partial charge in [-0.15, -0.1) is 0 Å². The Morgan fingerprint density at radius 1 is 0.968 bits per heavy atom. The second-order valence-corrected chi connectivity index (χ2v) is 7.44. The zero-order valence-electron chi connectivity index (χ0n) is 16.6. The van der Waals surface area contributed by atoms with Crippen molar-refractivity contribution in [3.8, 4) is 0 Å². The van der Waals surface area contributed by atoms with E-state index < -0.39 is 28.6 Å². The Morgan fingerprint density at radius 2 is 1.61 bits per heavy atom. The summed E-state index contributed by atoms with van der Waals surface area (Å²) in [7, 11) is 0. The smallest absolute Gasteiger partial charge is 0.280 e. The third kappa shape index (κ3) is 3.71. The molecule has 0 bridgehead atoms. The van der Waals surface area contributed by atoms with Gasteiger partial charge in [0.25, 0.3) is 11.6 Å². The highest BCUT2D eigenvalue weighted by Crippen LogP contribution is 2.43. The molecule has 0 spiro atoms. The molecule has 0 fully saturated rings. The molecule has 0 radical (unpaired) electrons. The van der Waals surface area contributed by atoms with Gasteiger partial charge in [-0.1, -0.05) is 60.7 Å². The number of nitrogens with zero attached hydrogens (tertiary/aromatic N) is 2. The number of ketones is 1. The number of carbonyl (C=O) groups excluding carboxylic acids is 2. The molecular weight excluding hydrogens is 396 g/mol. The largest absolute Gasteiger partial charge is 0.375 e. The van der Waals surface area contributed by atoms with Gasteiger partial charge in [0.1, 0.15) is 0 Å². The Kier molecular flexibility index (Phi) is 5.35. The van der Waals surface area contributed by atoms with Gasteiger partial charge in [0.15, 0.2) is 11.4 Å². The average molecular weight is 416 g/mol.